The number of hydrogen-bond acceptors (Lipinski definition) is 4. The number of ether oxygens (including phenoxy) is 1. The molecule has 0 amide bonds. The van der Waals surface area contributed by atoms with Crippen molar-refractivity contribution in [2.45, 2.75) is 6.92 Å². The van der Waals surface area contributed by atoms with E-state index in [9.17, 15) is 4.79 Å². The summed E-state index contributed by atoms with van der Waals surface area (Å²) in [4.78, 5) is 16.2. The van der Waals surface area contributed by atoms with Crippen LogP contribution in [0.3, 0.4) is 0 Å². The number of nitrogens with zero attached hydrogens (tertiary/aromatic N) is 1. The molecule has 0 fully saturated rings. The number of esters is 1. The molecule has 20 heavy (non-hydrogen) atoms. The van der Waals surface area contributed by atoms with Gasteiger partial charge in [-0.15, -0.1) is 0 Å². The molecular weight excluding hydrogens is 278 g/mol. The summed E-state index contributed by atoms with van der Waals surface area (Å²) in [7, 11) is 0. The standard InChI is InChI=1S/C15H10ClNO3/c1-9-17-13-6-5-12(8-14(13)19-9)20-15(18)10-3-2-4-11(16)7-10/h2-8H,1H3. The van der Waals surface area contributed by atoms with Crippen LogP contribution in [0.25, 0.3) is 11.1 Å². The lowest BCUT2D eigenvalue weighted by Crippen LogP contribution is -2.08. The summed E-state index contributed by atoms with van der Waals surface area (Å²) in [5, 5.41) is 0.487. The molecule has 0 spiro atoms. The number of oxazole rings is 1. The molecule has 0 aliphatic rings. The Balaban J connectivity index is 1.87. The molecular formula is C15H10ClNO3. The Morgan fingerprint density at radius 3 is 2.90 bits per heavy atom. The maximum Gasteiger partial charge on any atom is 0.343 e. The van der Waals surface area contributed by atoms with Gasteiger partial charge in [-0.25, -0.2) is 9.78 Å². The summed E-state index contributed by atoms with van der Waals surface area (Å²) in [6.07, 6.45) is 0. The second-order valence-corrected chi connectivity index (χ2v) is 4.70. The van der Waals surface area contributed by atoms with Gasteiger partial charge < -0.3 is 9.15 Å². The van der Waals surface area contributed by atoms with Crippen LogP contribution in [0, 0.1) is 6.92 Å². The highest BCUT2D eigenvalue weighted by atomic mass is 35.5. The van der Waals surface area contributed by atoms with Gasteiger partial charge in [0.25, 0.3) is 0 Å². The first-order chi connectivity index (χ1) is 9.61. The lowest BCUT2D eigenvalue weighted by molar-refractivity contribution is 0.0735. The van der Waals surface area contributed by atoms with Crippen molar-refractivity contribution in [1.82, 2.24) is 4.98 Å². The first kappa shape index (κ1) is 12.7. The molecule has 0 unspecified atom stereocenters. The minimum atomic E-state index is -0.469. The van der Waals surface area contributed by atoms with E-state index in [-0.39, 0.29) is 0 Å². The molecule has 0 radical (unpaired) electrons. The van der Waals surface area contributed by atoms with Crippen molar-refractivity contribution in [3.8, 4) is 5.75 Å². The molecule has 0 aliphatic carbocycles. The molecule has 0 saturated heterocycles. The van der Waals surface area contributed by atoms with Crippen molar-refractivity contribution in [2.75, 3.05) is 0 Å². The Morgan fingerprint density at radius 2 is 2.10 bits per heavy atom. The Kier molecular flexibility index (Phi) is 3.16. The second kappa shape index (κ2) is 4.98. The Labute approximate surface area is 119 Å². The lowest BCUT2D eigenvalue weighted by Gasteiger charge is -2.04. The molecule has 3 rings (SSSR count). The van der Waals surface area contributed by atoms with E-state index in [1.54, 1.807) is 49.4 Å². The Morgan fingerprint density at radius 1 is 1.25 bits per heavy atom. The van der Waals surface area contributed by atoms with E-state index in [4.69, 9.17) is 20.8 Å². The Hall–Kier alpha value is -2.33. The topological polar surface area (TPSA) is 52.3 Å². The minimum absolute atomic E-state index is 0.395. The highest BCUT2D eigenvalue weighted by Gasteiger charge is 2.10. The SMILES string of the molecule is Cc1nc2ccc(OC(=O)c3cccc(Cl)c3)cc2o1. The van der Waals surface area contributed by atoms with Crippen molar-refractivity contribution in [3.05, 3.63) is 58.9 Å². The molecule has 0 aliphatic heterocycles. The van der Waals surface area contributed by atoms with Gasteiger partial charge in [0.05, 0.1) is 5.56 Å². The smallest absolute Gasteiger partial charge is 0.343 e. The number of aryl methyl sites for hydroxylation is 1. The third kappa shape index (κ3) is 2.51. The van der Waals surface area contributed by atoms with Crippen molar-refractivity contribution >= 4 is 28.7 Å². The highest BCUT2D eigenvalue weighted by molar-refractivity contribution is 6.30. The number of carbonyl (C=O) groups is 1. The molecule has 1 heterocycles. The van der Waals surface area contributed by atoms with Crippen molar-refractivity contribution in [2.24, 2.45) is 0 Å². The van der Waals surface area contributed by atoms with E-state index in [2.05, 4.69) is 4.98 Å². The van der Waals surface area contributed by atoms with Crippen LogP contribution in [0.15, 0.2) is 46.9 Å². The zero-order valence-electron chi connectivity index (χ0n) is 10.6. The van der Waals surface area contributed by atoms with E-state index in [1.807, 2.05) is 0 Å². The maximum absolute atomic E-state index is 12.0. The van der Waals surface area contributed by atoms with Gasteiger partial charge in [0, 0.05) is 18.0 Å². The first-order valence-corrected chi connectivity index (χ1v) is 6.34. The summed E-state index contributed by atoms with van der Waals surface area (Å²) >= 11 is 5.84. The van der Waals surface area contributed by atoms with Crippen LogP contribution in [0.5, 0.6) is 5.75 Å². The summed E-state index contributed by atoms with van der Waals surface area (Å²) in [6, 6.07) is 11.6. The van der Waals surface area contributed by atoms with E-state index in [0.717, 1.165) is 5.52 Å². The maximum atomic E-state index is 12.0. The van der Waals surface area contributed by atoms with Gasteiger partial charge in [-0.3, -0.25) is 0 Å². The fourth-order valence-electron chi connectivity index (χ4n) is 1.87. The number of rotatable bonds is 2. The summed E-state index contributed by atoms with van der Waals surface area (Å²) < 4.78 is 10.7. The zero-order valence-corrected chi connectivity index (χ0v) is 11.3. The van der Waals surface area contributed by atoms with Gasteiger partial charge in [0.1, 0.15) is 11.3 Å². The molecule has 5 heteroatoms. The molecule has 2 aromatic carbocycles. The molecule has 0 atom stereocenters. The molecule has 3 aromatic rings. The number of fused-ring (bicyclic) bond motifs is 1. The monoisotopic (exact) mass is 287 g/mol. The van der Waals surface area contributed by atoms with E-state index in [1.165, 1.54) is 0 Å². The molecule has 100 valence electrons. The van der Waals surface area contributed by atoms with Gasteiger partial charge in [-0.2, -0.15) is 0 Å². The summed E-state index contributed by atoms with van der Waals surface area (Å²) in [5.74, 6) is 0.500. The van der Waals surface area contributed by atoms with Crippen molar-refractivity contribution in [3.63, 3.8) is 0 Å². The highest BCUT2D eigenvalue weighted by Crippen LogP contribution is 2.22. The van der Waals surface area contributed by atoms with Gasteiger partial charge >= 0.3 is 5.97 Å². The van der Waals surface area contributed by atoms with Gasteiger partial charge in [-0.05, 0) is 30.3 Å². The van der Waals surface area contributed by atoms with Crippen LogP contribution in [-0.4, -0.2) is 11.0 Å². The van der Waals surface area contributed by atoms with Crippen LogP contribution in [0.4, 0.5) is 0 Å². The zero-order chi connectivity index (χ0) is 14.1. The normalized spacial score (nSPS) is 10.7. The molecule has 0 N–H and O–H groups in total. The van der Waals surface area contributed by atoms with Crippen LogP contribution in [0.2, 0.25) is 5.02 Å². The average molecular weight is 288 g/mol. The number of hydrogen-bond donors (Lipinski definition) is 0. The molecule has 4 nitrogen and oxygen atoms in total. The second-order valence-electron chi connectivity index (χ2n) is 4.26. The first-order valence-electron chi connectivity index (χ1n) is 5.97. The van der Waals surface area contributed by atoms with Crippen LogP contribution in [0.1, 0.15) is 16.2 Å². The van der Waals surface area contributed by atoms with Crippen molar-refractivity contribution < 1.29 is 13.9 Å². The average Bonchev–Trinajstić information content (AvgIpc) is 2.78. The molecule has 1 aromatic heterocycles. The van der Waals surface area contributed by atoms with Crippen LogP contribution >= 0.6 is 11.6 Å². The predicted molar refractivity (Wildman–Crippen MR) is 75.2 cm³/mol. The largest absolute Gasteiger partial charge is 0.441 e. The number of benzene rings is 2. The van der Waals surface area contributed by atoms with E-state index in [0.29, 0.717) is 27.8 Å². The van der Waals surface area contributed by atoms with E-state index < -0.39 is 5.97 Å². The molecule has 0 bridgehead atoms. The molecule has 0 saturated carbocycles. The van der Waals surface area contributed by atoms with Gasteiger partial charge in [0.15, 0.2) is 11.5 Å². The third-order valence-electron chi connectivity index (χ3n) is 2.74. The summed E-state index contributed by atoms with van der Waals surface area (Å²) in [5.41, 5.74) is 1.70. The fourth-order valence-corrected chi connectivity index (χ4v) is 2.06. The lowest BCUT2D eigenvalue weighted by atomic mass is 10.2. The predicted octanol–water partition coefficient (Wildman–Crippen LogP) is 4.01. The van der Waals surface area contributed by atoms with Crippen molar-refractivity contribution in [1.29, 1.82) is 0 Å². The fraction of sp³-hybridized carbons (Fsp3) is 0.0667. The Bertz CT molecular complexity index is 795. The summed E-state index contributed by atoms with van der Waals surface area (Å²) in [6.45, 7) is 1.76. The van der Waals surface area contributed by atoms with Crippen LogP contribution < -0.4 is 4.74 Å². The number of carbonyl (C=O) groups excluding carboxylic acids is 1. The third-order valence-corrected chi connectivity index (χ3v) is 2.97. The number of aromatic nitrogens is 1. The number of halogens is 1. The van der Waals surface area contributed by atoms with Crippen LogP contribution in [-0.2, 0) is 0 Å². The van der Waals surface area contributed by atoms with Gasteiger partial charge in [0.2, 0.25) is 0 Å². The quantitative estimate of drug-likeness (QED) is 0.528. The van der Waals surface area contributed by atoms with E-state index >= 15 is 0 Å². The minimum Gasteiger partial charge on any atom is -0.441 e. The van der Waals surface area contributed by atoms with Gasteiger partial charge in [-0.1, -0.05) is 17.7 Å².